The van der Waals surface area contributed by atoms with Crippen molar-refractivity contribution in [1.82, 2.24) is 4.90 Å². The molecule has 0 bridgehead atoms. The molecule has 0 fully saturated rings. The Morgan fingerprint density at radius 1 is 1.20 bits per heavy atom. The quantitative estimate of drug-likeness (QED) is 0.688. The number of nitrogens with two attached hydrogens (primary N) is 1. The lowest BCUT2D eigenvalue weighted by atomic mass is 10.1. The summed E-state index contributed by atoms with van der Waals surface area (Å²) in [5, 5.41) is 0. The van der Waals surface area contributed by atoms with Crippen LogP contribution in [0.5, 0.6) is 0 Å². The SMILES string of the molecule is COCCN(CCC(=O)OC)Cc1ccccc1CN. The number of ether oxygens (including phenoxy) is 2. The van der Waals surface area contributed by atoms with E-state index in [0.29, 0.717) is 26.1 Å². The maximum atomic E-state index is 11.3. The van der Waals surface area contributed by atoms with Crippen molar-refractivity contribution in [2.24, 2.45) is 5.73 Å². The highest BCUT2D eigenvalue weighted by Crippen LogP contribution is 2.11. The van der Waals surface area contributed by atoms with Gasteiger partial charge in [-0.15, -0.1) is 0 Å². The summed E-state index contributed by atoms with van der Waals surface area (Å²) in [4.78, 5) is 13.4. The van der Waals surface area contributed by atoms with Gasteiger partial charge in [0.1, 0.15) is 0 Å². The van der Waals surface area contributed by atoms with E-state index in [0.717, 1.165) is 18.7 Å². The van der Waals surface area contributed by atoms with Gasteiger partial charge in [0.05, 0.1) is 20.1 Å². The van der Waals surface area contributed by atoms with Crippen LogP contribution in [0.3, 0.4) is 0 Å². The molecule has 0 spiro atoms. The maximum Gasteiger partial charge on any atom is 0.306 e. The molecule has 5 nitrogen and oxygen atoms in total. The minimum absolute atomic E-state index is 0.195. The first-order valence-corrected chi connectivity index (χ1v) is 6.76. The predicted octanol–water partition coefficient (Wildman–Crippen LogP) is 1.16. The van der Waals surface area contributed by atoms with Crippen molar-refractivity contribution in [3.05, 3.63) is 35.4 Å². The van der Waals surface area contributed by atoms with Crippen LogP contribution < -0.4 is 5.73 Å². The monoisotopic (exact) mass is 280 g/mol. The molecule has 20 heavy (non-hydrogen) atoms. The third-order valence-electron chi connectivity index (χ3n) is 3.20. The van der Waals surface area contributed by atoms with Crippen molar-refractivity contribution in [2.45, 2.75) is 19.5 Å². The first-order valence-electron chi connectivity index (χ1n) is 6.76. The number of esters is 1. The number of methoxy groups -OCH3 is 2. The summed E-state index contributed by atoms with van der Waals surface area (Å²) in [6.07, 6.45) is 0.380. The number of rotatable bonds is 9. The number of nitrogens with zero attached hydrogens (tertiary/aromatic N) is 1. The van der Waals surface area contributed by atoms with Gasteiger partial charge in [0.2, 0.25) is 0 Å². The molecule has 0 saturated heterocycles. The Balaban J connectivity index is 2.65. The van der Waals surface area contributed by atoms with Gasteiger partial charge >= 0.3 is 5.97 Å². The van der Waals surface area contributed by atoms with E-state index in [9.17, 15) is 4.79 Å². The molecule has 2 N–H and O–H groups in total. The second-order valence-corrected chi connectivity index (χ2v) is 4.57. The zero-order chi connectivity index (χ0) is 14.8. The topological polar surface area (TPSA) is 64.8 Å². The molecular formula is C15H24N2O3. The fourth-order valence-corrected chi connectivity index (χ4v) is 1.99. The molecule has 0 aromatic heterocycles. The summed E-state index contributed by atoms with van der Waals surface area (Å²) in [6.45, 7) is 3.33. The Kier molecular flexibility index (Phi) is 7.87. The molecule has 0 heterocycles. The molecule has 0 aliphatic heterocycles. The smallest absolute Gasteiger partial charge is 0.306 e. The molecule has 0 unspecified atom stereocenters. The molecule has 0 saturated carbocycles. The van der Waals surface area contributed by atoms with E-state index < -0.39 is 0 Å². The van der Waals surface area contributed by atoms with Gasteiger partial charge in [-0.1, -0.05) is 24.3 Å². The lowest BCUT2D eigenvalue weighted by Crippen LogP contribution is -2.30. The highest BCUT2D eigenvalue weighted by molar-refractivity contribution is 5.69. The number of benzene rings is 1. The van der Waals surface area contributed by atoms with Crippen molar-refractivity contribution < 1.29 is 14.3 Å². The van der Waals surface area contributed by atoms with E-state index in [-0.39, 0.29) is 5.97 Å². The van der Waals surface area contributed by atoms with Gasteiger partial charge in [-0.3, -0.25) is 9.69 Å². The minimum atomic E-state index is -0.195. The van der Waals surface area contributed by atoms with Gasteiger partial charge in [0, 0.05) is 33.3 Å². The molecule has 0 radical (unpaired) electrons. The molecule has 1 rings (SSSR count). The second kappa shape index (κ2) is 9.47. The Labute approximate surface area is 120 Å². The van der Waals surface area contributed by atoms with Gasteiger partial charge < -0.3 is 15.2 Å². The lowest BCUT2D eigenvalue weighted by Gasteiger charge is -2.22. The lowest BCUT2D eigenvalue weighted by molar-refractivity contribution is -0.141. The van der Waals surface area contributed by atoms with Gasteiger partial charge in [-0.05, 0) is 11.1 Å². The highest BCUT2D eigenvalue weighted by Gasteiger charge is 2.11. The molecule has 0 aliphatic rings. The third kappa shape index (κ3) is 5.69. The zero-order valence-electron chi connectivity index (χ0n) is 12.3. The van der Waals surface area contributed by atoms with Crippen LogP contribution in [0.2, 0.25) is 0 Å². The van der Waals surface area contributed by atoms with E-state index in [1.165, 1.54) is 12.7 Å². The van der Waals surface area contributed by atoms with Crippen LogP contribution in [-0.2, 0) is 27.4 Å². The van der Waals surface area contributed by atoms with E-state index in [4.69, 9.17) is 10.5 Å². The van der Waals surface area contributed by atoms with Crippen molar-refractivity contribution in [3.63, 3.8) is 0 Å². The summed E-state index contributed by atoms with van der Waals surface area (Å²) in [5.74, 6) is -0.195. The second-order valence-electron chi connectivity index (χ2n) is 4.57. The van der Waals surface area contributed by atoms with Gasteiger partial charge in [-0.25, -0.2) is 0 Å². The number of carbonyl (C=O) groups excluding carboxylic acids is 1. The standard InChI is InChI=1S/C15H24N2O3/c1-19-10-9-17(8-7-15(18)20-2)12-14-6-4-3-5-13(14)11-16/h3-6H,7-12,16H2,1-2H3. The Morgan fingerprint density at radius 3 is 2.50 bits per heavy atom. The largest absolute Gasteiger partial charge is 0.469 e. The van der Waals surface area contributed by atoms with Crippen LogP contribution in [0.15, 0.2) is 24.3 Å². The molecule has 0 amide bonds. The number of hydrogen-bond acceptors (Lipinski definition) is 5. The fraction of sp³-hybridized carbons (Fsp3) is 0.533. The van der Waals surface area contributed by atoms with Crippen LogP contribution in [0.4, 0.5) is 0 Å². The Morgan fingerprint density at radius 2 is 1.90 bits per heavy atom. The maximum absolute atomic E-state index is 11.3. The van der Waals surface area contributed by atoms with Crippen LogP contribution in [0.1, 0.15) is 17.5 Å². The summed E-state index contributed by atoms with van der Waals surface area (Å²) >= 11 is 0. The van der Waals surface area contributed by atoms with E-state index in [2.05, 4.69) is 15.7 Å². The van der Waals surface area contributed by atoms with Crippen molar-refractivity contribution in [2.75, 3.05) is 33.9 Å². The molecule has 1 aromatic rings. The number of carbonyl (C=O) groups is 1. The Bertz CT molecular complexity index is 410. The summed E-state index contributed by atoms with van der Waals surface area (Å²) in [5.41, 5.74) is 8.08. The highest BCUT2D eigenvalue weighted by atomic mass is 16.5. The van der Waals surface area contributed by atoms with Crippen LogP contribution >= 0.6 is 0 Å². The van der Waals surface area contributed by atoms with Gasteiger partial charge in [0.25, 0.3) is 0 Å². The summed E-state index contributed by atoms with van der Waals surface area (Å²) < 4.78 is 9.80. The van der Waals surface area contributed by atoms with Crippen LogP contribution in [0.25, 0.3) is 0 Å². The normalized spacial score (nSPS) is 10.8. The molecular weight excluding hydrogens is 256 g/mol. The van der Waals surface area contributed by atoms with Crippen molar-refractivity contribution >= 4 is 5.97 Å². The molecule has 5 heteroatoms. The fourth-order valence-electron chi connectivity index (χ4n) is 1.99. The molecule has 112 valence electrons. The van der Waals surface area contributed by atoms with E-state index in [1.807, 2.05) is 18.2 Å². The summed E-state index contributed by atoms with van der Waals surface area (Å²) in [7, 11) is 3.08. The summed E-state index contributed by atoms with van der Waals surface area (Å²) in [6, 6.07) is 8.09. The van der Waals surface area contributed by atoms with Crippen LogP contribution in [-0.4, -0.2) is 44.8 Å². The van der Waals surface area contributed by atoms with Gasteiger partial charge in [-0.2, -0.15) is 0 Å². The van der Waals surface area contributed by atoms with Crippen LogP contribution in [0, 0.1) is 0 Å². The van der Waals surface area contributed by atoms with E-state index in [1.54, 1.807) is 7.11 Å². The van der Waals surface area contributed by atoms with Gasteiger partial charge in [0.15, 0.2) is 0 Å². The van der Waals surface area contributed by atoms with Crippen molar-refractivity contribution in [1.29, 1.82) is 0 Å². The average Bonchev–Trinajstić information content (AvgIpc) is 2.49. The first-order chi connectivity index (χ1) is 9.71. The van der Waals surface area contributed by atoms with E-state index >= 15 is 0 Å². The molecule has 0 atom stereocenters. The third-order valence-corrected chi connectivity index (χ3v) is 3.20. The van der Waals surface area contributed by atoms with Crippen molar-refractivity contribution in [3.8, 4) is 0 Å². The average molecular weight is 280 g/mol. The first kappa shape index (κ1) is 16.6. The molecule has 1 aromatic carbocycles. The predicted molar refractivity (Wildman–Crippen MR) is 78.1 cm³/mol. The zero-order valence-corrected chi connectivity index (χ0v) is 12.3. The number of hydrogen-bond donors (Lipinski definition) is 1. The molecule has 0 aliphatic carbocycles. The minimum Gasteiger partial charge on any atom is -0.469 e. The Hall–Kier alpha value is -1.43.